The van der Waals surface area contributed by atoms with E-state index in [1.807, 2.05) is 12.3 Å². The maximum atomic E-state index is 14.8. The fraction of sp³-hybridized carbons (Fsp3) is 0.476. The van der Waals surface area contributed by atoms with Crippen molar-refractivity contribution < 1.29 is 38.8 Å². The maximum absolute atomic E-state index is 14.8. The molecule has 0 saturated carbocycles. The summed E-state index contributed by atoms with van der Waals surface area (Å²) in [7, 11) is 0.421. The predicted octanol–water partition coefficient (Wildman–Crippen LogP) is 3.95. The molecule has 2 rings (SSSR count). The number of halogens is 1. The molecule has 27 heavy (non-hydrogen) atoms. The maximum Gasteiger partial charge on any atom is 0.0798 e. The van der Waals surface area contributed by atoms with E-state index in [1.54, 1.807) is 0 Å². The van der Waals surface area contributed by atoms with E-state index in [-0.39, 0.29) is 31.2 Å². The van der Waals surface area contributed by atoms with Crippen LogP contribution >= 0.6 is 0 Å². The molecule has 0 unspecified atom stereocenters. The molecule has 0 atom stereocenters. The molecule has 1 radical (unpaired) electrons. The summed E-state index contributed by atoms with van der Waals surface area (Å²) in [6, 6.07) is 7.45. The van der Waals surface area contributed by atoms with Gasteiger partial charge in [-0.05, 0) is 23.2 Å². The van der Waals surface area contributed by atoms with Gasteiger partial charge in [0.15, 0.2) is 0 Å². The standard InChI is InChI=1S/C19H25FNSi.2CH4O.Ir/c1-13(2)10-15-11-17(21-12-18(15)22(4,5)6)16-9-7-8-14(3)19(16)20;2*1-2;/h7-8,11-13H,10H2,1-6H3;2*2H,1H3;/q-1;;;/i3D3;;;. The van der Waals surface area contributed by atoms with Gasteiger partial charge in [-0.1, -0.05) is 63.1 Å². The van der Waals surface area contributed by atoms with Gasteiger partial charge in [0.25, 0.3) is 0 Å². The van der Waals surface area contributed by atoms with Gasteiger partial charge in [-0.3, -0.25) is 4.39 Å². The van der Waals surface area contributed by atoms with Crippen molar-refractivity contribution in [3.8, 4) is 11.3 Å². The Hall–Kier alpha value is -0.914. The second-order valence-electron chi connectivity index (χ2n) is 7.15. The molecule has 0 fully saturated rings. The minimum absolute atomic E-state index is 0. The molecule has 3 nitrogen and oxygen atoms in total. The summed E-state index contributed by atoms with van der Waals surface area (Å²) in [5.74, 6) is -0.292. The van der Waals surface area contributed by atoms with Gasteiger partial charge in [0, 0.05) is 50.5 Å². The molecule has 2 aromatic rings. The molecule has 0 bridgehead atoms. The normalized spacial score (nSPS) is 12.3. The van der Waals surface area contributed by atoms with Crippen LogP contribution in [0.2, 0.25) is 19.6 Å². The number of aryl methyl sites for hydroxylation is 1. The van der Waals surface area contributed by atoms with Crippen molar-refractivity contribution in [1.82, 2.24) is 4.98 Å². The Morgan fingerprint density at radius 2 is 1.81 bits per heavy atom. The van der Waals surface area contributed by atoms with Crippen molar-refractivity contribution in [2.45, 2.75) is 46.8 Å². The molecule has 0 aliphatic heterocycles. The zero-order chi connectivity index (χ0) is 23.0. The van der Waals surface area contributed by atoms with Gasteiger partial charge in [0.05, 0.1) is 8.07 Å². The first kappa shape index (κ1) is 22.4. The van der Waals surface area contributed by atoms with E-state index in [1.165, 1.54) is 22.9 Å². The summed E-state index contributed by atoms with van der Waals surface area (Å²) >= 11 is 0. The monoisotopic (exact) mass is 574 g/mol. The Kier molecular flexibility index (Phi) is 11.0. The van der Waals surface area contributed by atoms with Crippen LogP contribution in [0.5, 0.6) is 0 Å². The molecular formula is C21H33FIrNO2Si-. The third-order valence-corrected chi connectivity index (χ3v) is 5.68. The van der Waals surface area contributed by atoms with E-state index in [0.717, 1.165) is 20.6 Å². The van der Waals surface area contributed by atoms with Crippen LogP contribution in [0.3, 0.4) is 0 Å². The average molecular weight is 574 g/mol. The van der Waals surface area contributed by atoms with Crippen LogP contribution in [0.15, 0.2) is 24.4 Å². The summed E-state index contributed by atoms with van der Waals surface area (Å²) in [4.78, 5) is 4.45. The summed E-state index contributed by atoms with van der Waals surface area (Å²) in [5.41, 5.74) is 1.45. The number of benzene rings is 1. The second-order valence-corrected chi connectivity index (χ2v) is 12.2. The Morgan fingerprint density at radius 3 is 2.30 bits per heavy atom. The van der Waals surface area contributed by atoms with E-state index in [9.17, 15) is 4.39 Å². The zero-order valence-corrected chi connectivity index (χ0v) is 20.5. The van der Waals surface area contributed by atoms with E-state index in [2.05, 4.69) is 44.5 Å². The number of aliphatic hydroxyl groups is 2. The molecular weight excluding hydrogens is 538 g/mol. The van der Waals surface area contributed by atoms with E-state index in [4.69, 9.17) is 14.3 Å². The van der Waals surface area contributed by atoms with E-state index < -0.39 is 20.7 Å². The first-order chi connectivity index (χ1) is 13.4. The molecule has 155 valence electrons. The number of aliphatic hydroxyl groups excluding tert-OH is 2. The third kappa shape index (κ3) is 8.32. The van der Waals surface area contributed by atoms with Crippen LogP contribution in [0.4, 0.5) is 4.39 Å². The summed E-state index contributed by atoms with van der Waals surface area (Å²) in [6.07, 6.45) is 2.73. The Morgan fingerprint density at radius 1 is 1.22 bits per heavy atom. The van der Waals surface area contributed by atoms with Crippen molar-refractivity contribution >= 4 is 13.3 Å². The third-order valence-electron chi connectivity index (χ3n) is 3.62. The van der Waals surface area contributed by atoms with E-state index in [0.29, 0.717) is 11.6 Å². The minimum atomic E-state index is -2.49. The molecule has 0 saturated heterocycles. The molecule has 1 heterocycles. The van der Waals surface area contributed by atoms with Gasteiger partial charge in [0.1, 0.15) is 0 Å². The van der Waals surface area contributed by atoms with Crippen LogP contribution in [-0.2, 0) is 26.5 Å². The second kappa shape index (κ2) is 13.3. The van der Waals surface area contributed by atoms with Gasteiger partial charge < -0.3 is 15.2 Å². The fourth-order valence-electron chi connectivity index (χ4n) is 2.58. The molecule has 0 amide bonds. The summed E-state index contributed by atoms with van der Waals surface area (Å²) in [5, 5.41) is 15.3. The molecule has 2 N–H and O–H groups in total. The zero-order valence-electron chi connectivity index (χ0n) is 20.1. The average Bonchev–Trinajstić information content (AvgIpc) is 2.63. The fourth-order valence-corrected chi connectivity index (χ4v) is 4.17. The molecule has 1 aromatic heterocycles. The molecule has 0 aliphatic carbocycles. The predicted molar refractivity (Wildman–Crippen MR) is 111 cm³/mol. The van der Waals surface area contributed by atoms with Gasteiger partial charge in [0.2, 0.25) is 0 Å². The SMILES string of the molecule is CO.CO.[2H]C([2H])([2H])c1cc[c-]c(-c2cc(CC(C)C)c([Si](C)(C)C)cn2)c1F.[Ir]. The van der Waals surface area contributed by atoms with Gasteiger partial charge in [-0.25, -0.2) is 0 Å². The van der Waals surface area contributed by atoms with Crippen molar-refractivity contribution in [2.24, 2.45) is 5.92 Å². The van der Waals surface area contributed by atoms with Crippen molar-refractivity contribution in [1.29, 1.82) is 0 Å². The Bertz CT molecular complexity index is 782. The number of pyridine rings is 1. The first-order valence-corrected chi connectivity index (χ1v) is 12.0. The van der Waals surface area contributed by atoms with Gasteiger partial charge in [-0.15, -0.1) is 18.2 Å². The molecule has 0 spiro atoms. The number of rotatable bonds is 4. The van der Waals surface area contributed by atoms with E-state index >= 15 is 0 Å². The number of hydrogen-bond acceptors (Lipinski definition) is 3. The van der Waals surface area contributed by atoms with Crippen LogP contribution < -0.4 is 5.19 Å². The number of nitrogens with zero attached hydrogens (tertiary/aromatic N) is 1. The summed E-state index contributed by atoms with van der Waals surface area (Å²) in [6.45, 7) is 8.58. The minimum Gasteiger partial charge on any atom is -0.400 e. The van der Waals surface area contributed by atoms with Crippen LogP contribution in [0, 0.1) is 24.7 Å². The quantitative estimate of drug-likeness (QED) is 0.430. The first-order valence-electron chi connectivity index (χ1n) is 10.0. The van der Waals surface area contributed by atoms with Gasteiger partial charge >= 0.3 is 0 Å². The summed E-state index contributed by atoms with van der Waals surface area (Å²) < 4.78 is 37.2. The molecule has 1 aromatic carbocycles. The Balaban J connectivity index is 0. The van der Waals surface area contributed by atoms with Crippen molar-refractivity contribution in [3.63, 3.8) is 0 Å². The van der Waals surface area contributed by atoms with Crippen LogP contribution in [0.1, 0.15) is 29.1 Å². The number of aromatic nitrogens is 1. The van der Waals surface area contributed by atoms with Crippen LogP contribution in [-0.4, -0.2) is 37.5 Å². The largest absolute Gasteiger partial charge is 0.400 e. The Labute approximate surface area is 182 Å². The van der Waals surface area contributed by atoms with Crippen molar-refractivity contribution in [3.05, 3.63) is 47.4 Å². The number of hydrogen-bond donors (Lipinski definition) is 2. The molecule has 0 aliphatic rings. The molecule has 6 heteroatoms. The van der Waals surface area contributed by atoms with Gasteiger partial charge in [-0.2, -0.15) is 0 Å². The van der Waals surface area contributed by atoms with Crippen LogP contribution in [0.25, 0.3) is 11.3 Å². The smallest absolute Gasteiger partial charge is 0.0798 e. The topological polar surface area (TPSA) is 53.4 Å². The van der Waals surface area contributed by atoms with Crippen molar-refractivity contribution in [2.75, 3.05) is 14.2 Å².